The van der Waals surface area contributed by atoms with Gasteiger partial charge in [-0.3, -0.25) is 14.6 Å². The van der Waals surface area contributed by atoms with Crippen molar-refractivity contribution in [2.24, 2.45) is 13.0 Å². The van der Waals surface area contributed by atoms with Crippen LogP contribution in [0.15, 0.2) is 6.07 Å². The van der Waals surface area contributed by atoms with Crippen LogP contribution in [0.5, 0.6) is 0 Å². The van der Waals surface area contributed by atoms with Crippen LogP contribution in [0, 0.1) is 5.92 Å². The SMILES string of the molecule is CC(C)Cc1cc(C(=O)N(C)Cc2n[nH]c3c2CCCC3)n(C)n1. The van der Waals surface area contributed by atoms with Crippen molar-refractivity contribution in [3.05, 3.63) is 34.4 Å². The van der Waals surface area contributed by atoms with Gasteiger partial charge in [-0.15, -0.1) is 0 Å². The van der Waals surface area contributed by atoms with Crippen molar-refractivity contribution in [2.75, 3.05) is 7.05 Å². The van der Waals surface area contributed by atoms with E-state index in [0.717, 1.165) is 30.7 Å². The van der Waals surface area contributed by atoms with E-state index in [9.17, 15) is 4.79 Å². The first-order valence-electron chi connectivity index (χ1n) is 8.79. The van der Waals surface area contributed by atoms with Crippen molar-refractivity contribution in [3.8, 4) is 0 Å². The van der Waals surface area contributed by atoms with E-state index in [1.165, 1.54) is 24.1 Å². The van der Waals surface area contributed by atoms with Gasteiger partial charge in [0.1, 0.15) is 5.69 Å². The number of carbonyl (C=O) groups excluding carboxylic acids is 1. The fourth-order valence-corrected chi connectivity index (χ4v) is 3.42. The van der Waals surface area contributed by atoms with E-state index in [2.05, 4.69) is 29.1 Å². The Morgan fingerprint density at radius 1 is 1.38 bits per heavy atom. The molecule has 1 aliphatic rings. The number of nitrogens with zero attached hydrogens (tertiary/aromatic N) is 4. The van der Waals surface area contributed by atoms with Crippen LogP contribution in [-0.4, -0.2) is 37.8 Å². The molecular weight excluding hydrogens is 302 g/mol. The molecule has 6 nitrogen and oxygen atoms in total. The third-order valence-electron chi connectivity index (χ3n) is 4.64. The van der Waals surface area contributed by atoms with Gasteiger partial charge in [-0.25, -0.2) is 0 Å². The lowest BCUT2D eigenvalue weighted by Gasteiger charge is -2.18. The second-order valence-corrected chi connectivity index (χ2v) is 7.24. The molecule has 24 heavy (non-hydrogen) atoms. The van der Waals surface area contributed by atoms with Gasteiger partial charge in [0.25, 0.3) is 5.91 Å². The number of nitrogens with one attached hydrogen (secondary N) is 1. The van der Waals surface area contributed by atoms with Crippen LogP contribution in [0.3, 0.4) is 0 Å². The molecule has 0 spiro atoms. The second kappa shape index (κ2) is 6.79. The molecule has 0 fully saturated rings. The maximum Gasteiger partial charge on any atom is 0.272 e. The summed E-state index contributed by atoms with van der Waals surface area (Å²) in [6.45, 7) is 4.85. The van der Waals surface area contributed by atoms with E-state index in [0.29, 0.717) is 18.2 Å². The summed E-state index contributed by atoms with van der Waals surface area (Å²) in [4.78, 5) is 14.5. The highest BCUT2D eigenvalue weighted by Crippen LogP contribution is 2.23. The monoisotopic (exact) mass is 329 g/mol. The average molecular weight is 329 g/mol. The Bertz CT molecular complexity index is 728. The predicted octanol–water partition coefficient (Wildman–Crippen LogP) is 2.49. The highest BCUT2D eigenvalue weighted by molar-refractivity contribution is 5.92. The molecule has 3 rings (SSSR count). The predicted molar refractivity (Wildman–Crippen MR) is 92.8 cm³/mol. The molecule has 130 valence electrons. The molecule has 0 radical (unpaired) electrons. The van der Waals surface area contributed by atoms with Crippen LogP contribution in [0.2, 0.25) is 0 Å². The Morgan fingerprint density at radius 2 is 2.12 bits per heavy atom. The zero-order chi connectivity index (χ0) is 17.3. The number of hydrogen-bond donors (Lipinski definition) is 1. The molecule has 0 bridgehead atoms. The number of fused-ring (bicyclic) bond motifs is 1. The summed E-state index contributed by atoms with van der Waals surface area (Å²) in [7, 11) is 3.67. The van der Waals surface area contributed by atoms with Gasteiger partial charge in [0.05, 0.1) is 17.9 Å². The molecule has 1 aliphatic carbocycles. The zero-order valence-corrected chi connectivity index (χ0v) is 15.1. The first-order chi connectivity index (χ1) is 11.5. The lowest BCUT2D eigenvalue weighted by Crippen LogP contribution is -2.28. The van der Waals surface area contributed by atoms with E-state index >= 15 is 0 Å². The molecule has 1 N–H and O–H groups in total. The van der Waals surface area contributed by atoms with Gasteiger partial charge in [-0.2, -0.15) is 10.2 Å². The van der Waals surface area contributed by atoms with Crippen LogP contribution >= 0.6 is 0 Å². The Balaban J connectivity index is 1.73. The Labute approximate surface area is 143 Å². The third kappa shape index (κ3) is 3.37. The fraction of sp³-hybridized carbons (Fsp3) is 0.611. The zero-order valence-electron chi connectivity index (χ0n) is 15.1. The van der Waals surface area contributed by atoms with Crippen molar-refractivity contribution in [2.45, 2.75) is 52.5 Å². The summed E-state index contributed by atoms with van der Waals surface area (Å²) in [5.41, 5.74) is 5.17. The van der Waals surface area contributed by atoms with Gasteiger partial charge in [0.15, 0.2) is 0 Å². The quantitative estimate of drug-likeness (QED) is 0.916. The number of H-pyrrole nitrogens is 1. The Hall–Kier alpha value is -2.11. The maximum atomic E-state index is 12.8. The Morgan fingerprint density at radius 3 is 2.88 bits per heavy atom. The van der Waals surface area contributed by atoms with Gasteiger partial charge in [0.2, 0.25) is 0 Å². The van der Waals surface area contributed by atoms with E-state index in [4.69, 9.17) is 0 Å². The minimum absolute atomic E-state index is 0.00688. The van der Waals surface area contributed by atoms with Crippen molar-refractivity contribution >= 4 is 5.91 Å². The van der Waals surface area contributed by atoms with Crippen LogP contribution in [0.4, 0.5) is 0 Å². The van der Waals surface area contributed by atoms with Crippen LogP contribution in [0.25, 0.3) is 0 Å². The number of aromatic amines is 1. The smallest absolute Gasteiger partial charge is 0.272 e. The van der Waals surface area contributed by atoms with E-state index in [1.807, 2.05) is 20.2 Å². The number of aryl methyl sites for hydroxylation is 2. The van der Waals surface area contributed by atoms with Crippen LogP contribution in [-0.2, 0) is 32.9 Å². The summed E-state index contributed by atoms with van der Waals surface area (Å²) >= 11 is 0. The van der Waals surface area contributed by atoms with Gasteiger partial charge < -0.3 is 4.90 Å². The summed E-state index contributed by atoms with van der Waals surface area (Å²) in [6.07, 6.45) is 5.44. The highest BCUT2D eigenvalue weighted by atomic mass is 16.2. The van der Waals surface area contributed by atoms with Gasteiger partial charge in [-0.05, 0) is 49.7 Å². The topological polar surface area (TPSA) is 66.8 Å². The molecule has 0 aliphatic heterocycles. The largest absolute Gasteiger partial charge is 0.334 e. The molecule has 2 heterocycles. The fourth-order valence-electron chi connectivity index (χ4n) is 3.42. The molecular formula is C18H27N5O. The first-order valence-corrected chi connectivity index (χ1v) is 8.79. The molecule has 2 aromatic rings. The van der Waals surface area contributed by atoms with Crippen LogP contribution in [0.1, 0.15) is 59.8 Å². The van der Waals surface area contributed by atoms with Gasteiger partial charge >= 0.3 is 0 Å². The molecule has 0 unspecified atom stereocenters. The number of aromatic nitrogens is 4. The normalized spacial score (nSPS) is 14.0. The number of carbonyl (C=O) groups is 1. The lowest BCUT2D eigenvalue weighted by atomic mass is 9.96. The Kier molecular flexibility index (Phi) is 4.73. The van der Waals surface area contributed by atoms with Gasteiger partial charge in [0, 0.05) is 19.8 Å². The maximum absolute atomic E-state index is 12.8. The van der Waals surface area contributed by atoms with Gasteiger partial charge in [-0.1, -0.05) is 13.8 Å². The third-order valence-corrected chi connectivity index (χ3v) is 4.64. The van der Waals surface area contributed by atoms with E-state index < -0.39 is 0 Å². The summed E-state index contributed by atoms with van der Waals surface area (Å²) in [5.74, 6) is 0.517. The summed E-state index contributed by atoms with van der Waals surface area (Å²) in [6, 6.07) is 1.92. The van der Waals surface area contributed by atoms with Crippen molar-refractivity contribution in [3.63, 3.8) is 0 Å². The van der Waals surface area contributed by atoms with Crippen molar-refractivity contribution in [1.29, 1.82) is 0 Å². The molecule has 2 aromatic heterocycles. The minimum atomic E-state index is -0.00688. The standard InChI is InChI=1S/C18H27N5O/c1-12(2)9-13-10-17(23(4)21-13)18(24)22(3)11-16-14-7-5-6-8-15(14)19-20-16/h10,12H,5-9,11H2,1-4H3,(H,19,20). The summed E-state index contributed by atoms with van der Waals surface area (Å²) in [5, 5.41) is 12.1. The molecule has 6 heteroatoms. The number of hydrogen-bond acceptors (Lipinski definition) is 3. The molecule has 0 saturated heterocycles. The lowest BCUT2D eigenvalue weighted by molar-refractivity contribution is 0.0772. The molecule has 1 amide bonds. The minimum Gasteiger partial charge on any atom is -0.334 e. The van der Waals surface area contributed by atoms with Crippen LogP contribution < -0.4 is 0 Å². The molecule has 0 saturated carbocycles. The second-order valence-electron chi connectivity index (χ2n) is 7.24. The average Bonchev–Trinajstić information content (AvgIpc) is 3.10. The first kappa shape index (κ1) is 16.7. The van der Waals surface area contributed by atoms with Crippen molar-refractivity contribution < 1.29 is 4.79 Å². The summed E-state index contributed by atoms with van der Waals surface area (Å²) < 4.78 is 1.69. The number of rotatable bonds is 5. The highest BCUT2D eigenvalue weighted by Gasteiger charge is 2.22. The number of amides is 1. The molecule has 0 atom stereocenters. The van der Waals surface area contributed by atoms with E-state index in [-0.39, 0.29) is 5.91 Å². The van der Waals surface area contributed by atoms with Crippen molar-refractivity contribution in [1.82, 2.24) is 24.9 Å². The molecule has 0 aromatic carbocycles. The van der Waals surface area contributed by atoms with E-state index in [1.54, 1.807) is 9.58 Å².